The van der Waals surface area contributed by atoms with Crippen LogP contribution in [0.15, 0.2) is 36.4 Å². The first kappa shape index (κ1) is 14.8. The Morgan fingerprint density at radius 2 is 1.67 bits per heavy atom. The van der Waals surface area contributed by atoms with E-state index in [0.717, 1.165) is 0 Å². The van der Waals surface area contributed by atoms with Gasteiger partial charge < -0.3 is 9.84 Å². The number of benzene rings is 2. The van der Waals surface area contributed by atoms with Crippen molar-refractivity contribution in [2.24, 2.45) is 0 Å². The molecule has 0 spiro atoms. The van der Waals surface area contributed by atoms with Crippen LogP contribution in [0.4, 0.5) is 10.5 Å². The van der Waals surface area contributed by atoms with Crippen molar-refractivity contribution in [2.75, 3.05) is 5.32 Å². The Labute approximate surface area is 122 Å². The molecular weight excluding hydrogens is 270 g/mol. The van der Waals surface area contributed by atoms with Gasteiger partial charge in [0.2, 0.25) is 0 Å². The molecule has 0 aliphatic heterocycles. The molecule has 110 valence electrons. The van der Waals surface area contributed by atoms with Gasteiger partial charge in [-0.15, -0.1) is 0 Å². The normalized spacial score (nSPS) is 11.2. The van der Waals surface area contributed by atoms with Crippen LogP contribution < -0.4 is 5.32 Å². The monoisotopic (exact) mass is 287 g/mol. The van der Waals surface area contributed by atoms with E-state index in [2.05, 4.69) is 5.32 Å². The highest BCUT2D eigenvalue weighted by Crippen LogP contribution is 2.27. The molecule has 2 aromatic rings. The van der Waals surface area contributed by atoms with Crippen LogP contribution in [-0.2, 0) is 4.74 Å². The molecule has 5 heteroatoms. The molecule has 21 heavy (non-hydrogen) atoms. The lowest BCUT2D eigenvalue weighted by Gasteiger charge is -2.20. The van der Waals surface area contributed by atoms with Crippen molar-refractivity contribution in [2.45, 2.75) is 26.4 Å². The molecule has 0 fully saturated rings. The van der Waals surface area contributed by atoms with Crippen molar-refractivity contribution in [3.63, 3.8) is 0 Å². The minimum absolute atomic E-state index is 0.195. The maximum absolute atomic E-state index is 11.8. The standard InChI is InChI=1S/C16H17NO4/c1-16(2,3)21-15(20)17-13-9-8-12(14(18)19)10-6-4-5-7-11(10)13/h4-9H,1-3H3,(H,17,20)(H,18,19). The van der Waals surface area contributed by atoms with E-state index >= 15 is 0 Å². The van der Waals surface area contributed by atoms with E-state index in [-0.39, 0.29) is 5.56 Å². The third-order valence-corrected chi connectivity index (χ3v) is 2.79. The number of anilines is 1. The van der Waals surface area contributed by atoms with Gasteiger partial charge in [0, 0.05) is 5.39 Å². The maximum Gasteiger partial charge on any atom is 0.412 e. The van der Waals surface area contributed by atoms with Gasteiger partial charge in [0.1, 0.15) is 5.60 Å². The smallest absolute Gasteiger partial charge is 0.412 e. The summed E-state index contributed by atoms with van der Waals surface area (Å²) in [6.45, 7) is 5.33. The molecule has 0 saturated carbocycles. The molecule has 0 aromatic heterocycles. The lowest BCUT2D eigenvalue weighted by Crippen LogP contribution is -2.27. The average molecular weight is 287 g/mol. The summed E-state index contributed by atoms with van der Waals surface area (Å²) in [6, 6.07) is 10.0. The molecule has 1 amide bonds. The predicted molar refractivity (Wildman–Crippen MR) is 80.8 cm³/mol. The minimum Gasteiger partial charge on any atom is -0.478 e. The van der Waals surface area contributed by atoms with Crippen LogP contribution in [0.3, 0.4) is 0 Å². The number of hydrogen-bond donors (Lipinski definition) is 2. The van der Waals surface area contributed by atoms with E-state index in [1.807, 2.05) is 0 Å². The number of carboxylic acids is 1. The van der Waals surface area contributed by atoms with Gasteiger partial charge in [0.15, 0.2) is 0 Å². The van der Waals surface area contributed by atoms with Crippen molar-refractivity contribution in [3.05, 3.63) is 42.0 Å². The van der Waals surface area contributed by atoms with Gasteiger partial charge in [-0.2, -0.15) is 0 Å². The van der Waals surface area contributed by atoms with Gasteiger partial charge in [-0.1, -0.05) is 24.3 Å². The van der Waals surface area contributed by atoms with Gasteiger partial charge in [0.05, 0.1) is 11.3 Å². The Bertz CT molecular complexity index is 701. The van der Waals surface area contributed by atoms with Gasteiger partial charge >= 0.3 is 12.1 Å². The molecule has 2 rings (SSSR count). The summed E-state index contributed by atoms with van der Waals surface area (Å²) in [5.41, 5.74) is 0.117. The molecule has 0 heterocycles. The highest BCUT2D eigenvalue weighted by Gasteiger charge is 2.18. The molecule has 0 unspecified atom stereocenters. The first-order valence-electron chi connectivity index (χ1n) is 6.53. The number of rotatable bonds is 2. The second kappa shape index (κ2) is 5.44. The topological polar surface area (TPSA) is 75.6 Å². The number of aromatic carboxylic acids is 1. The van der Waals surface area contributed by atoms with Crippen LogP contribution in [0.5, 0.6) is 0 Å². The molecule has 2 N–H and O–H groups in total. The first-order chi connectivity index (χ1) is 9.78. The average Bonchev–Trinajstić information content (AvgIpc) is 2.36. The fourth-order valence-electron chi connectivity index (χ4n) is 2.01. The largest absolute Gasteiger partial charge is 0.478 e. The number of amides is 1. The third-order valence-electron chi connectivity index (χ3n) is 2.79. The van der Waals surface area contributed by atoms with Gasteiger partial charge in [0.25, 0.3) is 0 Å². The number of fused-ring (bicyclic) bond motifs is 1. The molecule has 0 aliphatic rings. The Hall–Kier alpha value is -2.56. The zero-order chi connectivity index (χ0) is 15.6. The van der Waals surface area contributed by atoms with E-state index in [1.54, 1.807) is 51.1 Å². The Morgan fingerprint density at radius 3 is 2.24 bits per heavy atom. The zero-order valence-electron chi connectivity index (χ0n) is 12.1. The van der Waals surface area contributed by atoms with Crippen LogP contribution in [0.2, 0.25) is 0 Å². The number of hydrogen-bond acceptors (Lipinski definition) is 3. The SMILES string of the molecule is CC(C)(C)OC(=O)Nc1ccc(C(=O)O)c2ccccc12. The fraction of sp³-hybridized carbons (Fsp3) is 0.250. The summed E-state index contributed by atoms with van der Waals surface area (Å²) >= 11 is 0. The zero-order valence-corrected chi connectivity index (χ0v) is 12.1. The summed E-state index contributed by atoms with van der Waals surface area (Å²) < 4.78 is 5.20. The van der Waals surface area contributed by atoms with E-state index in [1.165, 1.54) is 6.07 Å². The van der Waals surface area contributed by atoms with Crippen molar-refractivity contribution in [3.8, 4) is 0 Å². The highest BCUT2D eigenvalue weighted by molar-refractivity contribution is 6.09. The lowest BCUT2D eigenvalue weighted by atomic mass is 10.0. The van der Waals surface area contributed by atoms with Crippen molar-refractivity contribution in [1.82, 2.24) is 0 Å². The van der Waals surface area contributed by atoms with Gasteiger partial charge in [-0.05, 0) is 38.3 Å². The molecule has 2 aromatic carbocycles. The number of carbonyl (C=O) groups excluding carboxylic acids is 1. The van der Waals surface area contributed by atoms with Crippen LogP contribution in [-0.4, -0.2) is 22.8 Å². The van der Waals surface area contributed by atoms with Crippen LogP contribution in [0, 0.1) is 0 Å². The van der Waals surface area contributed by atoms with E-state index in [0.29, 0.717) is 16.5 Å². The van der Waals surface area contributed by atoms with Crippen molar-refractivity contribution in [1.29, 1.82) is 0 Å². The minimum atomic E-state index is -1.00. The summed E-state index contributed by atoms with van der Waals surface area (Å²) in [6.07, 6.45) is -0.573. The molecule has 0 atom stereocenters. The van der Waals surface area contributed by atoms with E-state index < -0.39 is 17.7 Å². The van der Waals surface area contributed by atoms with Crippen LogP contribution >= 0.6 is 0 Å². The number of ether oxygens (including phenoxy) is 1. The molecular formula is C16H17NO4. The van der Waals surface area contributed by atoms with E-state index in [4.69, 9.17) is 4.74 Å². The van der Waals surface area contributed by atoms with E-state index in [9.17, 15) is 14.7 Å². The fourth-order valence-corrected chi connectivity index (χ4v) is 2.01. The second-order valence-electron chi connectivity index (χ2n) is 5.64. The highest BCUT2D eigenvalue weighted by atomic mass is 16.6. The summed E-state index contributed by atoms with van der Waals surface area (Å²) in [4.78, 5) is 23.1. The van der Waals surface area contributed by atoms with Gasteiger partial charge in [-0.25, -0.2) is 9.59 Å². The summed E-state index contributed by atoms with van der Waals surface area (Å²) in [5, 5.41) is 13.1. The second-order valence-corrected chi connectivity index (χ2v) is 5.64. The number of carbonyl (C=O) groups is 2. The maximum atomic E-state index is 11.8. The molecule has 0 bridgehead atoms. The number of nitrogens with one attached hydrogen (secondary N) is 1. The van der Waals surface area contributed by atoms with Crippen molar-refractivity contribution >= 4 is 28.5 Å². The molecule has 0 radical (unpaired) electrons. The van der Waals surface area contributed by atoms with Gasteiger partial charge in [-0.3, -0.25) is 5.32 Å². The van der Waals surface area contributed by atoms with Crippen molar-refractivity contribution < 1.29 is 19.4 Å². The predicted octanol–water partition coefficient (Wildman–Crippen LogP) is 3.89. The molecule has 0 saturated heterocycles. The molecule has 5 nitrogen and oxygen atoms in total. The van der Waals surface area contributed by atoms with Crippen LogP contribution in [0.25, 0.3) is 10.8 Å². The summed E-state index contributed by atoms with van der Waals surface area (Å²) in [7, 11) is 0. The summed E-state index contributed by atoms with van der Waals surface area (Å²) in [5.74, 6) is -1.00. The lowest BCUT2D eigenvalue weighted by molar-refractivity contribution is 0.0634. The first-order valence-corrected chi connectivity index (χ1v) is 6.53. The third kappa shape index (κ3) is 3.51. The Balaban J connectivity index is 2.40. The Kier molecular flexibility index (Phi) is 3.84. The Morgan fingerprint density at radius 1 is 1.05 bits per heavy atom. The quantitative estimate of drug-likeness (QED) is 0.878. The number of carboxylic acid groups (broad SMARTS) is 1. The molecule has 0 aliphatic carbocycles. The van der Waals surface area contributed by atoms with Crippen LogP contribution in [0.1, 0.15) is 31.1 Å².